The van der Waals surface area contributed by atoms with Crippen LogP contribution in [0.4, 0.5) is 11.6 Å². The number of likely N-dealkylation sites (tertiary alicyclic amines) is 1. The SMILES string of the molecule is CN(C)c1cc(N(C2CC2)C2CCN(C(=O)C3CCC(=O)N3)CC2)ncn1. The van der Waals surface area contributed by atoms with Gasteiger partial charge < -0.3 is 20.0 Å². The number of hydrogen-bond acceptors (Lipinski definition) is 6. The van der Waals surface area contributed by atoms with E-state index in [0.29, 0.717) is 24.9 Å². The number of piperidine rings is 1. The maximum absolute atomic E-state index is 12.6. The number of nitrogens with zero attached hydrogens (tertiary/aromatic N) is 5. The topological polar surface area (TPSA) is 81.7 Å². The first-order valence-electron chi connectivity index (χ1n) is 9.89. The highest BCUT2D eigenvalue weighted by Gasteiger charge is 2.38. The van der Waals surface area contributed by atoms with E-state index in [-0.39, 0.29) is 17.9 Å². The summed E-state index contributed by atoms with van der Waals surface area (Å²) in [6.45, 7) is 1.48. The van der Waals surface area contributed by atoms with E-state index in [9.17, 15) is 9.59 Å². The smallest absolute Gasteiger partial charge is 0.245 e. The molecule has 1 atom stereocenters. The Morgan fingerprint density at radius 3 is 2.33 bits per heavy atom. The summed E-state index contributed by atoms with van der Waals surface area (Å²) in [4.78, 5) is 39.3. The van der Waals surface area contributed by atoms with Crippen molar-refractivity contribution in [3.05, 3.63) is 12.4 Å². The number of carbonyl (C=O) groups excluding carboxylic acids is 2. The molecule has 0 bridgehead atoms. The molecule has 4 rings (SSSR count). The number of nitrogens with one attached hydrogen (secondary N) is 1. The molecule has 27 heavy (non-hydrogen) atoms. The van der Waals surface area contributed by atoms with E-state index >= 15 is 0 Å². The van der Waals surface area contributed by atoms with E-state index in [1.165, 1.54) is 12.8 Å². The van der Waals surface area contributed by atoms with Crippen LogP contribution < -0.4 is 15.1 Å². The van der Waals surface area contributed by atoms with Crippen molar-refractivity contribution in [2.75, 3.05) is 37.0 Å². The lowest BCUT2D eigenvalue weighted by molar-refractivity contribution is -0.135. The van der Waals surface area contributed by atoms with Gasteiger partial charge in [0.2, 0.25) is 11.8 Å². The quantitative estimate of drug-likeness (QED) is 0.823. The van der Waals surface area contributed by atoms with Gasteiger partial charge in [0.05, 0.1) is 0 Å². The summed E-state index contributed by atoms with van der Waals surface area (Å²) >= 11 is 0. The first kappa shape index (κ1) is 18.0. The molecular weight excluding hydrogens is 344 g/mol. The van der Waals surface area contributed by atoms with Crippen molar-refractivity contribution in [3.8, 4) is 0 Å². The van der Waals surface area contributed by atoms with Gasteiger partial charge in [-0.1, -0.05) is 0 Å². The largest absolute Gasteiger partial charge is 0.363 e. The predicted octanol–water partition coefficient (Wildman–Crippen LogP) is 0.781. The number of aromatic nitrogens is 2. The summed E-state index contributed by atoms with van der Waals surface area (Å²) in [7, 11) is 3.97. The van der Waals surface area contributed by atoms with E-state index in [4.69, 9.17) is 0 Å². The summed E-state index contributed by atoms with van der Waals surface area (Å²) < 4.78 is 0. The zero-order valence-electron chi connectivity index (χ0n) is 16.1. The predicted molar refractivity (Wildman–Crippen MR) is 103 cm³/mol. The number of anilines is 2. The highest BCUT2D eigenvalue weighted by atomic mass is 16.2. The molecule has 1 aliphatic carbocycles. The Labute approximate surface area is 159 Å². The molecule has 8 nitrogen and oxygen atoms in total. The fourth-order valence-electron chi connectivity index (χ4n) is 4.13. The van der Waals surface area contributed by atoms with Gasteiger partial charge in [0.15, 0.2) is 0 Å². The van der Waals surface area contributed by atoms with Crippen LogP contribution in [0.5, 0.6) is 0 Å². The summed E-state index contributed by atoms with van der Waals surface area (Å²) in [6, 6.07) is 2.68. The normalized spacial score (nSPS) is 23.3. The molecule has 2 aliphatic heterocycles. The Morgan fingerprint density at radius 1 is 1.07 bits per heavy atom. The minimum Gasteiger partial charge on any atom is -0.363 e. The molecule has 8 heteroatoms. The maximum Gasteiger partial charge on any atom is 0.245 e. The molecule has 1 saturated carbocycles. The highest BCUT2D eigenvalue weighted by Crippen LogP contribution is 2.36. The van der Waals surface area contributed by atoms with Crippen LogP contribution in [0, 0.1) is 0 Å². The van der Waals surface area contributed by atoms with Crippen LogP contribution >= 0.6 is 0 Å². The third-order valence-corrected chi connectivity index (χ3v) is 5.76. The Bertz CT molecular complexity index is 712. The second-order valence-corrected chi connectivity index (χ2v) is 7.98. The molecule has 1 N–H and O–H groups in total. The van der Waals surface area contributed by atoms with Gasteiger partial charge in [-0.2, -0.15) is 0 Å². The van der Waals surface area contributed by atoms with Crippen LogP contribution in [-0.4, -0.2) is 72.0 Å². The second-order valence-electron chi connectivity index (χ2n) is 7.98. The summed E-state index contributed by atoms with van der Waals surface area (Å²) in [5.74, 6) is 1.97. The van der Waals surface area contributed by atoms with Gasteiger partial charge >= 0.3 is 0 Å². The van der Waals surface area contributed by atoms with Gasteiger partial charge in [-0.25, -0.2) is 9.97 Å². The molecule has 3 fully saturated rings. The van der Waals surface area contributed by atoms with Gasteiger partial charge in [0.1, 0.15) is 24.0 Å². The Balaban J connectivity index is 1.42. The van der Waals surface area contributed by atoms with Crippen LogP contribution in [0.25, 0.3) is 0 Å². The monoisotopic (exact) mass is 372 g/mol. The molecule has 0 aromatic carbocycles. The average Bonchev–Trinajstić information content (AvgIpc) is 3.41. The Morgan fingerprint density at radius 2 is 1.74 bits per heavy atom. The standard InChI is InChI=1S/C19H28N6O2/c1-23(2)16-11-17(21-12-20-16)25(13-3-4-13)14-7-9-24(10-8-14)19(27)15-5-6-18(26)22-15/h11-15H,3-10H2,1-2H3,(H,22,26). The number of amides is 2. The van der Waals surface area contributed by atoms with Crippen molar-refractivity contribution in [2.45, 2.75) is 56.7 Å². The fourth-order valence-corrected chi connectivity index (χ4v) is 4.13. The zero-order valence-corrected chi connectivity index (χ0v) is 16.1. The van der Waals surface area contributed by atoms with Crippen molar-refractivity contribution < 1.29 is 9.59 Å². The number of rotatable bonds is 5. The zero-order chi connectivity index (χ0) is 19.0. The lowest BCUT2D eigenvalue weighted by Gasteiger charge is -2.40. The van der Waals surface area contributed by atoms with Gasteiger partial charge in [0, 0.05) is 51.8 Å². The molecule has 1 aromatic rings. The van der Waals surface area contributed by atoms with Gasteiger partial charge in [-0.05, 0) is 32.1 Å². The van der Waals surface area contributed by atoms with E-state index in [1.807, 2.05) is 23.9 Å². The summed E-state index contributed by atoms with van der Waals surface area (Å²) in [6.07, 6.45) is 7.00. The molecule has 1 unspecified atom stereocenters. The van der Waals surface area contributed by atoms with Crippen molar-refractivity contribution >= 4 is 23.5 Å². The second kappa shape index (κ2) is 7.32. The molecule has 3 aliphatic rings. The first-order chi connectivity index (χ1) is 13.0. The van der Waals surface area contributed by atoms with Gasteiger partial charge in [-0.3, -0.25) is 9.59 Å². The van der Waals surface area contributed by atoms with Crippen molar-refractivity contribution in [3.63, 3.8) is 0 Å². The van der Waals surface area contributed by atoms with Crippen LogP contribution in [0.3, 0.4) is 0 Å². The van der Waals surface area contributed by atoms with Crippen LogP contribution in [0.15, 0.2) is 12.4 Å². The van der Waals surface area contributed by atoms with Crippen LogP contribution in [-0.2, 0) is 9.59 Å². The third kappa shape index (κ3) is 3.84. The molecule has 0 radical (unpaired) electrons. The van der Waals surface area contributed by atoms with Crippen molar-refractivity contribution in [1.29, 1.82) is 0 Å². The van der Waals surface area contributed by atoms with Gasteiger partial charge in [0.25, 0.3) is 0 Å². The minimum atomic E-state index is -0.321. The molecular formula is C19H28N6O2. The lowest BCUT2D eigenvalue weighted by atomic mass is 10.0. The lowest BCUT2D eigenvalue weighted by Crippen LogP contribution is -2.51. The maximum atomic E-state index is 12.6. The minimum absolute atomic E-state index is 0.0106. The number of hydrogen-bond donors (Lipinski definition) is 1. The van der Waals surface area contributed by atoms with Crippen LogP contribution in [0.2, 0.25) is 0 Å². The Kier molecular flexibility index (Phi) is 4.88. The summed E-state index contributed by atoms with van der Waals surface area (Å²) in [5, 5.41) is 2.79. The molecule has 0 spiro atoms. The fraction of sp³-hybridized carbons (Fsp3) is 0.684. The van der Waals surface area contributed by atoms with Gasteiger partial charge in [-0.15, -0.1) is 0 Å². The highest BCUT2D eigenvalue weighted by molar-refractivity contribution is 5.90. The van der Waals surface area contributed by atoms with Crippen molar-refractivity contribution in [1.82, 2.24) is 20.2 Å². The van der Waals surface area contributed by atoms with E-state index in [1.54, 1.807) is 6.33 Å². The Hall–Kier alpha value is -2.38. The van der Waals surface area contributed by atoms with Crippen LogP contribution in [0.1, 0.15) is 38.5 Å². The molecule has 3 heterocycles. The van der Waals surface area contributed by atoms with Crippen molar-refractivity contribution in [2.24, 2.45) is 0 Å². The third-order valence-electron chi connectivity index (χ3n) is 5.76. The molecule has 1 aromatic heterocycles. The summed E-state index contributed by atoms with van der Waals surface area (Å²) in [5.41, 5.74) is 0. The molecule has 2 saturated heterocycles. The van der Waals surface area contributed by atoms with E-state index < -0.39 is 0 Å². The number of carbonyl (C=O) groups is 2. The molecule has 2 amide bonds. The van der Waals surface area contributed by atoms with E-state index in [2.05, 4.69) is 26.3 Å². The first-order valence-corrected chi connectivity index (χ1v) is 9.89. The van der Waals surface area contributed by atoms with E-state index in [0.717, 1.165) is 37.6 Å². The average molecular weight is 372 g/mol. The molecule has 146 valence electrons.